The van der Waals surface area contributed by atoms with E-state index < -0.39 is 5.97 Å². The second-order valence-electron chi connectivity index (χ2n) is 2.52. The molecule has 2 aromatic heterocycles. The van der Waals surface area contributed by atoms with Crippen LogP contribution in [0.4, 0.5) is 0 Å². The minimum Gasteiger partial charge on any atom is -0.477 e. The largest absolute Gasteiger partial charge is 0.477 e. The molecule has 2 rings (SSSR count). The van der Waals surface area contributed by atoms with Gasteiger partial charge in [0.15, 0.2) is 0 Å². The van der Waals surface area contributed by atoms with Crippen LogP contribution < -0.4 is 0 Å². The van der Waals surface area contributed by atoms with Crippen LogP contribution in [0.15, 0.2) is 18.3 Å². The number of aromatic nitrogens is 2. The predicted octanol–water partition coefficient (Wildman–Crippen LogP) is 1.87. The summed E-state index contributed by atoms with van der Waals surface area (Å²) in [6, 6.07) is 3.62. The molecule has 0 spiro atoms. The molecule has 0 aliphatic carbocycles. The summed E-state index contributed by atoms with van der Waals surface area (Å²) in [5.74, 6) is -0.956. The highest BCUT2D eigenvalue weighted by Gasteiger charge is 2.14. The molecule has 4 nitrogen and oxygen atoms in total. The molecule has 2 aromatic rings. The van der Waals surface area contributed by atoms with Crippen LogP contribution in [0.3, 0.4) is 0 Å². The third kappa shape index (κ3) is 1.28. The van der Waals surface area contributed by atoms with E-state index in [1.165, 1.54) is 0 Å². The number of hydrogen-bond acceptors (Lipinski definition) is 2. The second-order valence-corrected chi connectivity index (χ2v) is 3.60. The highest BCUT2D eigenvalue weighted by atomic mass is 127. The summed E-state index contributed by atoms with van der Waals surface area (Å²) < 4.78 is 0.702. The Balaban J connectivity index is 2.81. The lowest BCUT2D eigenvalue weighted by atomic mass is 10.3. The van der Waals surface area contributed by atoms with E-state index in [-0.39, 0.29) is 5.69 Å². The van der Waals surface area contributed by atoms with Crippen molar-refractivity contribution in [3.8, 4) is 0 Å². The van der Waals surface area contributed by atoms with Crippen LogP contribution in [0.5, 0.6) is 0 Å². The van der Waals surface area contributed by atoms with Gasteiger partial charge in [0.2, 0.25) is 0 Å². The molecule has 0 saturated heterocycles. The lowest BCUT2D eigenvalue weighted by molar-refractivity contribution is 0.0690. The first-order valence-electron chi connectivity index (χ1n) is 3.55. The van der Waals surface area contributed by atoms with E-state index in [0.29, 0.717) is 9.22 Å². The van der Waals surface area contributed by atoms with Gasteiger partial charge in [-0.25, -0.2) is 9.78 Å². The molecule has 0 radical (unpaired) electrons. The van der Waals surface area contributed by atoms with Gasteiger partial charge in [0.25, 0.3) is 0 Å². The van der Waals surface area contributed by atoms with Gasteiger partial charge in [0.1, 0.15) is 11.3 Å². The molecule has 0 amide bonds. The molecule has 13 heavy (non-hydrogen) atoms. The average Bonchev–Trinajstić information content (AvgIpc) is 2.45. The van der Waals surface area contributed by atoms with Gasteiger partial charge in [0, 0.05) is 11.6 Å². The Morgan fingerprint density at radius 1 is 1.62 bits per heavy atom. The molecule has 66 valence electrons. The van der Waals surface area contributed by atoms with Crippen LogP contribution in [0.2, 0.25) is 0 Å². The molecule has 0 aliphatic rings. The van der Waals surface area contributed by atoms with Crippen molar-refractivity contribution in [2.24, 2.45) is 0 Å². The molecule has 0 atom stereocenters. The maximum absolute atomic E-state index is 10.7. The van der Waals surface area contributed by atoms with Crippen LogP contribution in [-0.4, -0.2) is 21.0 Å². The number of carboxylic acids is 1. The predicted molar refractivity (Wildman–Crippen MR) is 55.8 cm³/mol. The quantitative estimate of drug-likeness (QED) is 0.787. The number of fused-ring (bicyclic) bond motifs is 1. The number of nitrogens with one attached hydrogen (secondary N) is 1. The third-order valence-electron chi connectivity index (χ3n) is 1.72. The number of H-pyrrole nitrogens is 1. The van der Waals surface area contributed by atoms with Gasteiger partial charge in [-0.1, -0.05) is 0 Å². The Labute approximate surface area is 87.1 Å². The Bertz CT molecular complexity index is 478. The van der Waals surface area contributed by atoms with Gasteiger partial charge in [0.05, 0.1) is 3.57 Å². The number of carboxylic acid groups (broad SMARTS) is 1. The summed E-state index contributed by atoms with van der Waals surface area (Å²) >= 11 is 2.00. The number of rotatable bonds is 1. The smallest absolute Gasteiger partial charge is 0.353 e. The van der Waals surface area contributed by atoms with Crippen LogP contribution >= 0.6 is 22.6 Å². The van der Waals surface area contributed by atoms with E-state index in [4.69, 9.17) is 5.11 Å². The van der Waals surface area contributed by atoms with Crippen molar-refractivity contribution in [2.45, 2.75) is 0 Å². The van der Waals surface area contributed by atoms with E-state index in [2.05, 4.69) is 9.97 Å². The number of aromatic carboxylic acids is 1. The van der Waals surface area contributed by atoms with Crippen molar-refractivity contribution in [3.05, 3.63) is 27.6 Å². The fourth-order valence-electron chi connectivity index (χ4n) is 1.14. The van der Waals surface area contributed by atoms with Crippen LogP contribution in [0.25, 0.3) is 11.0 Å². The zero-order valence-corrected chi connectivity index (χ0v) is 8.57. The Kier molecular flexibility index (Phi) is 1.95. The number of halogens is 1. The summed E-state index contributed by atoms with van der Waals surface area (Å²) in [7, 11) is 0. The van der Waals surface area contributed by atoms with Gasteiger partial charge in [-0.15, -0.1) is 0 Å². The summed E-state index contributed by atoms with van der Waals surface area (Å²) in [6.07, 6.45) is 1.63. The van der Waals surface area contributed by atoms with Gasteiger partial charge >= 0.3 is 5.97 Å². The SMILES string of the molecule is O=C(O)c1[nH]c2ncccc2c1I. The van der Waals surface area contributed by atoms with Gasteiger partial charge < -0.3 is 10.1 Å². The number of carbonyl (C=O) groups is 1. The van der Waals surface area contributed by atoms with Crippen molar-refractivity contribution in [1.29, 1.82) is 0 Å². The fourth-order valence-corrected chi connectivity index (χ4v) is 1.94. The first kappa shape index (κ1) is 8.49. The van der Waals surface area contributed by atoms with Crippen molar-refractivity contribution < 1.29 is 9.90 Å². The van der Waals surface area contributed by atoms with Crippen molar-refractivity contribution >= 4 is 39.6 Å². The molecule has 2 heterocycles. The summed E-state index contributed by atoms with van der Waals surface area (Å²) in [6.45, 7) is 0. The van der Waals surface area contributed by atoms with E-state index in [1.54, 1.807) is 12.3 Å². The number of pyridine rings is 1. The van der Waals surface area contributed by atoms with Crippen molar-refractivity contribution in [2.75, 3.05) is 0 Å². The van der Waals surface area contributed by atoms with Gasteiger partial charge in [-0.2, -0.15) is 0 Å². The first-order chi connectivity index (χ1) is 6.20. The monoisotopic (exact) mass is 288 g/mol. The summed E-state index contributed by atoms with van der Waals surface area (Å²) in [4.78, 5) is 17.5. The van der Waals surface area contributed by atoms with Gasteiger partial charge in [-0.3, -0.25) is 0 Å². The number of aromatic amines is 1. The molecular weight excluding hydrogens is 283 g/mol. The highest BCUT2D eigenvalue weighted by Crippen LogP contribution is 2.22. The van der Waals surface area contributed by atoms with Crippen molar-refractivity contribution in [3.63, 3.8) is 0 Å². The maximum Gasteiger partial charge on any atom is 0.353 e. The highest BCUT2D eigenvalue weighted by molar-refractivity contribution is 14.1. The molecule has 0 unspecified atom stereocenters. The third-order valence-corrected chi connectivity index (χ3v) is 2.84. The molecular formula is C8H5IN2O2. The second kappa shape index (κ2) is 2.99. The molecule has 0 aromatic carbocycles. The van der Waals surface area contributed by atoms with E-state index in [0.717, 1.165) is 5.39 Å². The summed E-state index contributed by atoms with van der Waals surface area (Å²) in [5.41, 5.74) is 0.818. The Morgan fingerprint density at radius 3 is 3.00 bits per heavy atom. The summed E-state index contributed by atoms with van der Waals surface area (Å²) in [5, 5.41) is 9.65. The number of nitrogens with zero attached hydrogens (tertiary/aromatic N) is 1. The molecule has 0 fully saturated rings. The van der Waals surface area contributed by atoms with E-state index in [1.807, 2.05) is 28.7 Å². The van der Waals surface area contributed by atoms with E-state index >= 15 is 0 Å². The first-order valence-corrected chi connectivity index (χ1v) is 4.63. The minimum absolute atomic E-state index is 0.203. The van der Waals surface area contributed by atoms with E-state index in [9.17, 15) is 4.79 Å². The maximum atomic E-state index is 10.7. The van der Waals surface area contributed by atoms with Crippen molar-refractivity contribution in [1.82, 2.24) is 9.97 Å². The Morgan fingerprint density at radius 2 is 2.38 bits per heavy atom. The molecule has 0 aliphatic heterocycles. The molecule has 5 heteroatoms. The van der Waals surface area contributed by atoms with Gasteiger partial charge in [-0.05, 0) is 34.7 Å². The fraction of sp³-hybridized carbons (Fsp3) is 0. The van der Waals surface area contributed by atoms with Crippen LogP contribution in [0.1, 0.15) is 10.5 Å². The minimum atomic E-state index is -0.956. The van der Waals surface area contributed by atoms with Crippen LogP contribution in [-0.2, 0) is 0 Å². The lowest BCUT2D eigenvalue weighted by Gasteiger charge is -1.87. The van der Waals surface area contributed by atoms with Crippen LogP contribution in [0, 0.1) is 3.57 Å². The zero-order chi connectivity index (χ0) is 9.42. The molecule has 0 saturated carbocycles. The Hall–Kier alpha value is -1.11. The molecule has 2 N–H and O–H groups in total. The average molecular weight is 288 g/mol. The lowest BCUT2D eigenvalue weighted by Crippen LogP contribution is -1.98. The topological polar surface area (TPSA) is 66.0 Å². The zero-order valence-electron chi connectivity index (χ0n) is 6.41. The molecule has 0 bridgehead atoms. The standard InChI is InChI=1S/C8H5IN2O2/c9-5-4-2-1-3-10-7(4)11-6(5)8(12)13/h1-3H,(H,10,11)(H,12,13). The normalized spacial score (nSPS) is 10.5. The number of hydrogen-bond donors (Lipinski definition) is 2.